The van der Waals surface area contributed by atoms with Gasteiger partial charge < -0.3 is 5.32 Å². The number of aryl methyl sites for hydroxylation is 1. The summed E-state index contributed by atoms with van der Waals surface area (Å²) in [4.78, 5) is 12.0. The summed E-state index contributed by atoms with van der Waals surface area (Å²) in [6, 6.07) is 16.1. The molecule has 3 rings (SSSR count). The molecule has 1 atom stereocenters. The van der Waals surface area contributed by atoms with Crippen molar-refractivity contribution in [2.75, 3.05) is 5.32 Å². The number of anilines is 1. The summed E-state index contributed by atoms with van der Waals surface area (Å²) in [6.07, 6.45) is 5.20. The number of benzene rings is 2. The van der Waals surface area contributed by atoms with Crippen molar-refractivity contribution in [3.05, 3.63) is 83.2 Å². The van der Waals surface area contributed by atoms with Crippen molar-refractivity contribution in [1.82, 2.24) is 10.2 Å². The fourth-order valence-corrected chi connectivity index (χ4v) is 2.92. The zero-order valence-corrected chi connectivity index (χ0v) is 14.6. The van der Waals surface area contributed by atoms with Crippen LogP contribution in [0.15, 0.2) is 60.9 Å². The molecular formula is C21H23N3O. The van der Waals surface area contributed by atoms with E-state index in [4.69, 9.17) is 0 Å². The third-order valence-corrected chi connectivity index (χ3v) is 4.22. The van der Waals surface area contributed by atoms with Crippen molar-refractivity contribution < 1.29 is 4.79 Å². The Bertz CT molecular complexity index is 823. The van der Waals surface area contributed by atoms with Crippen LogP contribution < -0.4 is 5.32 Å². The third kappa shape index (κ3) is 4.15. The van der Waals surface area contributed by atoms with Gasteiger partial charge in [-0.2, -0.15) is 5.10 Å². The Balaban J connectivity index is 1.85. The maximum absolute atomic E-state index is 12.0. The number of nitrogens with one attached hydrogen (secondary N) is 2. The van der Waals surface area contributed by atoms with E-state index in [9.17, 15) is 4.79 Å². The van der Waals surface area contributed by atoms with E-state index in [-0.39, 0.29) is 11.8 Å². The Morgan fingerprint density at radius 1 is 1.16 bits per heavy atom. The molecule has 1 unspecified atom stereocenters. The fourth-order valence-electron chi connectivity index (χ4n) is 2.92. The second kappa shape index (κ2) is 7.79. The molecule has 4 nitrogen and oxygen atoms in total. The number of hydrogen-bond donors (Lipinski definition) is 2. The smallest absolute Gasteiger partial charge is 0.162 e. The Labute approximate surface area is 148 Å². The first-order valence-electron chi connectivity index (χ1n) is 8.62. The molecule has 1 aromatic heterocycles. The molecule has 0 spiro atoms. The number of ketones is 1. The summed E-state index contributed by atoms with van der Waals surface area (Å²) in [6.45, 7) is 4.11. The lowest BCUT2D eigenvalue weighted by atomic mass is 9.99. The first kappa shape index (κ1) is 17.0. The van der Waals surface area contributed by atoms with Crippen LogP contribution in [0.5, 0.6) is 0 Å². The van der Waals surface area contributed by atoms with E-state index < -0.39 is 0 Å². The van der Waals surface area contributed by atoms with E-state index in [1.54, 1.807) is 0 Å². The molecular weight excluding hydrogens is 310 g/mol. The topological polar surface area (TPSA) is 57.8 Å². The Hall–Kier alpha value is -2.88. The highest BCUT2D eigenvalue weighted by Crippen LogP contribution is 2.27. The molecule has 2 aromatic carbocycles. The number of Topliss-reactive ketones (excluding diaryl/α,β-unsaturated/α-hetero) is 1. The van der Waals surface area contributed by atoms with Crippen LogP contribution in [-0.2, 0) is 0 Å². The van der Waals surface area contributed by atoms with Crippen molar-refractivity contribution >= 4 is 11.5 Å². The summed E-state index contributed by atoms with van der Waals surface area (Å²) >= 11 is 0. The van der Waals surface area contributed by atoms with E-state index in [0.29, 0.717) is 6.42 Å². The Kier molecular flexibility index (Phi) is 5.29. The second-order valence-corrected chi connectivity index (χ2v) is 6.27. The van der Waals surface area contributed by atoms with Crippen molar-refractivity contribution in [1.29, 1.82) is 0 Å². The van der Waals surface area contributed by atoms with Gasteiger partial charge >= 0.3 is 0 Å². The van der Waals surface area contributed by atoms with Gasteiger partial charge in [0.05, 0.1) is 12.2 Å². The van der Waals surface area contributed by atoms with Crippen molar-refractivity contribution in [3.63, 3.8) is 0 Å². The summed E-state index contributed by atoms with van der Waals surface area (Å²) in [5.74, 6) is 0.194. The molecule has 25 heavy (non-hydrogen) atoms. The molecule has 3 aromatic rings. The van der Waals surface area contributed by atoms with Gasteiger partial charge in [0, 0.05) is 29.4 Å². The minimum Gasteiger partial charge on any atom is -0.374 e. The molecule has 128 valence electrons. The highest BCUT2D eigenvalue weighted by atomic mass is 16.1. The summed E-state index contributed by atoms with van der Waals surface area (Å²) < 4.78 is 0. The zero-order valence-electron chi connectivity index (χ0n) is 14.6. The average Bonchev–Trinajstić information content (AvgIpc) is 3.14. The minimum atomic E-state index is -0.00385. The highest BCUT2D eigenvalue weighted by Gasteiger charge is 2.15. The quantitative estimate of drug-likeness (QED) is 0.604. The monoisotopic (exact) mass is 333 g/mol. The maximum atomic E-state index is 12.0. The predicted molar refractivity (Wildman–Crippen MR) is 101 cm³/mol. The van der Waals surface area contributed by atoms with Crippen LogP contribution in [0.4, 0.5) is 5.69 Å². The van der Waals surface area contributed by atoms with Gasteiger partial charge in [0.2, 0.25) is 0 Å². The molecule has 1 heterocycles. The van der Waals surface area contributed by atoms with Gasteiger partial charge in [0.25, 0.3) is 0 Å². The zero-order chi connectivity index (χ0) is 17.6. The second-order valence-electron chi connectivity index (χ2n) is 6.27. The number of hydrogen-bond acceptors (Lipinski definition) is 3. The molecule has 0 amide bonds. The van der Waals surface area contributed by atoms with Gasteiger partial charge in [-0.25, -0.2) is 0 Å². The van der Waals surface area contributed by atoms with E-state index in [1.165, 1.54) is 11.1 Å². The van der Waals surface area contributed by atoms with Gasteiger partial charge in [-0.1, -0.05) is 36.8 Å². The van der Waals surface area contributed by atoms with Gasteiger partial charge in [-0.3, -0.25) is 9.89 Å². The summed E-state index contributed by atoms with van der Waals surface area (Å²) in [5, 5.41) is 10.5. The normalized spacial score (nSPS) is 11.9. The molecule has 0 saturated carbocycles. The SMILES string of the molecule is CCCC(=O)c1ccc(NC(c2cn[nH]c2)c2cccc(C)c2)cc1. The number of nitrogens with zero attached hydrogens (tertiary/aromatic N) is 1. The lowest BCUT2D eigenvalue weighted by Gasteiger charge is -2.20. The lowest BCUT2D eigenvalue weighted by Crippen LogP contribution is -2.12. The minimum absolute atomic E-state index is 0.00385. The molecule has 0 radical (unpaired) electrons. The number of carbonyl (C=O) groups excluding carboxylic acids is 1. The van der Waals surface area contributed by atoms with Crippen LogP contribution in [-0.4, -0.2) is 16.0 Å². The Morgan fingerprint density at radius 3 is 2.60 bits per heavy atom. The lowest BCUT2D eigenvalue weighted by molar-refractivity contribution is 0.0982. The van der Waals surface area contributed by atoms with Gasteiger partial charge in [-0.15, -0.1) is 0 Å². The molecule has 0 saturated heterocycles. The average molecular weight is 333 g/mol. The Morgan fingerprint density at radius 2 is 1.96 bits per heavy atom. The largest absolute Gasteiger partial charge is 0.374 e. The number of rotatable bonds is 7. The molecule has 0 bridgehead atoms. The number of carbonyl (C=O) groups is 1. The molecule has 2 N–H and O–H groups in total. The molecule has 0 aliphatic rings. The van der Waals surface area contributed by atoms with Gasteiger partial charge in [-0.05, 0) is 43.2 Å². The van der Waals surface area contributed by atoms with E-state index in [2.05, 4.69) is 46.7 Å². The van der Waals surface area contributed by atoms with E-state index in [0.717, 1.165) is 23.2 Å². The predicted octanol–water partition coefficient (Wildman–Crippen LogP) is 4.90. The van der Waals surface area contributed by atoms with Crippen LogP contribution in [0.1, 0.15) is 52.9 Å². The van der Waals surface area contributed by atoms with Crippen LogP contribution in [0.3, 0.4) is 0 Å². The maximum Gasteiger partial charge on any atom is 0.162 e. The van der Waals surface area contributed by atoms with Crippen LogP contribution in [0, 0.1) is 6.92 Å². The van der Waals surface area contributed by atoms with Crippen molar-refractivity contribution in [3.8, 4) is 0 Å². The molecule has 0 fully saturated rings. The standard InChI is InChI=1S/C21H23N3O/c1-3-5-20(25)16-8-10-19(11-9-16)24-21(18-13-22-23-14-18)17-7-4-6-15(2)12-17/h4,6-14,21,24H,3,5H2,1-2H3,(H,22,23). The molecule has 0 aliphatic carbocycles. The van der Waals surface area contributed by atoms with E-state index in [1.807, 2.05) is 43.6 Å². The highest BCUT2D eigenvalue weighted by molar-refractivity contribution is 5.96. The van der Waals surface area contributed by atoms with Crippen molar-refractivity contribution in [2.24, 2.45) is 0 Å². The number of H-pyrrole nitrogens is 1. The van der Waals surface area contributed by atoms with Gasteiger partial charge in [0.15, 0.2) is 5.78 Å². The summed E-state index contributed by atoms with van der Waals surface area (Å²) in [7, 11) is 0. The molecule has 0 aliphatic heterocycles. The van der Waals surface area contributed by atoms with Gasteiger partial charge in [0.1, 0.15) is 0 Å². The first-order chi connectivity index (χ1) is 12.2. The van der Waals surface area contributed by atoms with Crippen molar-refractivity contribution in [2.45, 2.75) is 32.7 Å². The van der Waals surface area contributed by atoms with Crippen LogP contribution >= 0.6 is 0 Å². The van der Waals surface area contributed by atoms with Crippen LogP contribution in [0.2, 0.25) is 0 Å². The molecule has 4 heteroatoms. The number of aromatic amines is 1. The first-order valence-corrected chi connectivity index (χ1v) is 8.62. The summed E-state index contributed by atoms with van der Waals surface area (Å²) in [5.41, 5.74) is 5.20. The van der Waals surface area contributed by atoms with Crippen LogP contribution in [0.25, 0.3) is 0 Å². The fraction of sp³-hybridized carbons (Fsp3) is 0.238. The third-order valence-electron chi connectivity index (χ3n) is 4.22. The number of aromatic nitrogens is 2. The van der Waals surface area contributed by atoms with E-state index >= 15 is 0 Å².